The number of nitrogens with zero attached hydrogens (tertiary/aromatic N) is 4. The lowest BCUT2D eigenvalue weighted by Crippen LogP contribution is -2.25. The van der Waals surface area contributed by atoms with Crippen molar-refractivity contribution in [2.24, 2.45) is 0 Å². The summed E-state index contributed by atoms with van der Waals surface area (Å²) in [5, 5.41) is 3.36. The highest BCUT2D eigenvalue weighted by atomic mass is 15.2. The number of anilines is 1. The van der Waals surface area contributed by atoms with Gasteiger partial charge >= 0.3 is 0 Å². The van der Waals surface area contributed by atoms with E-state index in [0.29, 0.717) is 6.04 Å². The van der Waals surface area contributed by atoms with Crippen molar-refractivity contribution in [2.45, 2.75) is 32.9 Å². The van der Waals surface area contributed by atoms with Crippen LogP contribution in [0.1, 0.15) is 26.0 Å². The van der Waals surface area contributed by atoms with Crippen LogP contribution in [0.5, 0.6) is 0 Å². The van der Waals surface area contributed by atoms with Gasteiger partial charge in [-0.1, -0.05) is 13.8 Å². The van der Waals surface area contributed by atoms with Crippen LogP contribution in [0.2, 0.25) is 0 Å². The molecule has 0 bridgehead atoms. The topological polar surface area (TPSA) is 44.3 Å². The maximum Gasteiger partial charge on any atom is 0.147 e. The van der Waals surface area contributed by atoms with E-state index >= 15 is 0 Å². The Morgan fingerprint density at radius 2 is 1.89 bits per heavy atom. The highest BCUT2D eigenvalue weighted by molar-refractivity contribution is 5.34. The van der Waals surface area contributed by atoms with E-state index in [2.05, 4.69) is 60.1 Å². The predicted octanol–water partition coefficient (Wildman–Crippen LogP) is 1.36. The zero-order valence-electron chi connectivity index (χ0n) is 12.8. The third-order valence-electron chi connectivity index (χ3n) is 2.85. The molecule has 0 spiro atoms. The highest BCUT2D eigenvalue weighted by Crippen LogP contribution is 2.08. The molecule has 0 aromatic carbocycles. The van der Waals surface area contributed by atoms with Gasteiger partial charge in [0.15, 0.2) is 0 Å². The van der Waals surface area contributed by atoms with Crippen molar-refractivity contribution in [3.63, 3.8) is 0 Å². The molecule has 1 heterocycles. The Bertz CT molecular complexity index is 365. The van der Waals surface area contributed by atoms with Crippen LogP contribution >= 0.6 is 0 Å². The van der Waals surface area contributed by atoms with Crippen LogP contribution in [0, 0.1) is 0 Å². The van der Waals surface area contributed by atoms with Crippen molar-refractivity contribution in [3.8, 4) is 0 Å². The molecule has 1 aromatic heterocycles. The normalized spacial score (nSPS) is 11.3. The van der Waals surface area contributed by atoms with Crippen LogP contribution in [0.3, 0.4) is 0 Å². The Morgan fingerprint density at radius 1 is 1.16 bits per heavy atom. The summed E-state index contributed by atoms with van der Waals surface area (Å²) in [4.78, 5) is 13.3. The van der Waals surface area contributed by atoms with Crippen molar-refractivity contribution >= 4 is 5.82 Å². The van der Waals surface area contributed by atoms with E-state index in [0.717, 1.165) is 37.6 Å². The Morgan fingerprint density at radius 3 is 2.53 bits per heavy atom. The van der Waals surface area contributed by atoms with Gasteiger partial charge < -0.3 is 15.1 Å². The molecule has 0 radical (unpaired) electrons. The fourth-order valence-corrected chi connectivity index (χ4v) is 1.71. The van der Waals surface area contributed by atoms with Gasteiger partial charge in [0.2, 0.25) is 0 Å². The standard InChI is InChI=1S/C14H27N5/c1-12(2)16-10-13-9-15-11-14(17-13)19(5)8-6-7-18(3)4/h9,11-12,16H,6-8,10H2,1-5H3. The summed E-state index contributed by atoms with van der Waals surface area (Å²) in [6.45, 7) is 7.11. The first kappa shape index (κ1) is 15.9. The van der Waals surface area contributed by atoms with E-state index in [4.69, 9.17) is 0 Å². The molecule has 0 unspecified atom stereocenters. The molecule has 1 aromatic rings. The molecule has 0 atom stereocenters. The smallest absolute Gasteiger partial charge is 0.147 e. The summed E-state index contributed by atoms with van der Waals surface area (Å²) >= 11 is 0. The minimum absolute atomic E-state index is 0.461. The van der Waals surface area contributed by atoms with E-state index in [1.807, 2.05) is 12.4 Å². The van der Waals surface area contributed by atoms with Crippen LogP contribution in [-0.2, 0) is 6.54 Å². The molecule has 5 nitrogen and oxygen atoms in total. The van der Waals surface area contributed by atoms with Gasteiger partial charge in [0.1, 0.15) is 5.82 Å². The largest absolute Gasteiger partial charge is 0.358 e. The fourth-order valence-electron chi connectivity index (χ4n) is 1.71. The van der Waals surface area contributed by atoms with Crippen LogP contribution < -0.4 is 10.2 Å². The van der Waals surface area contributed by atoms with Crippen molar-refractivity contribution in [1.29, 1.82) is 0 Å². The first-order chi connectivity index (χ1) is 8.99. The minimum atomic E-state index is 0.461. The monoisotopic (exact) mass is 265 g/mol. The summed E-state index contributed by atoms with van der Waals surface area (Å²) in [6, 6.07) is 0.461. The van der Waals surface area contributed by atoms with E-state index in [9.17, 15) is 0 Å². The van der Waals surface area contributed by atoms with Gasteiger partial charge in [-0.2, -0.15) is 0 Å². The van der Waals surface area contributed by atoms with Gasteiger partial charge in [0.05, 0.1) is 11.9 Å². The maximum absolute atomic E-state index is 4.63. The maximum atomic E-state index is 4.63. The van der Waals surface area contributed by atoms with Crippen molar-refractivity contribution in [2.75, 3.05) is 39.1 Å². The molecule has 108 valence electrons. The number of hydrogen-bond donors (Lipinski definition) is 1. The Hall–Kier alpha value is -1.20. The van der Waals surface area contributed by atoms with Gasteiger partial charge in [-0.25, -0.2) is 4.98 Å². The minimum Gasteiger partial charge on any atom is -0.358 e. The summed E-state index contributed by atoms with van der Waals surface area (Å²) < 4.78 is 0. The first-order valence-electron chi connectivity index (χ1n) is 6.89. The lowest BCUT2D eigenvalue weighted by molar-refractivity contribution is 0.401. The van der Waals surface area contributed by atoms with Gasteiger partial charge in [-0.3, -0.25) is 4.98 Å². The van der Waals surface area contributed by atoms with E-state index in [-0.39, 0.29) is 0 Å². The van der Waals surface area contributed by atoms with E-state index in [1.165, 1.54) is 0 Å². The molecular weight excluding hydrogens is 238 g/mol. The predicted molar refractivity (Wildman–Crippen MR) is 80.4 cm³/mol. The average molecular weight is 265 g/mol. The third kappa shape index (κ3) is 6.50. The number of aromatic nitrogens is 2. The summed E-state index contributed by atoms with van der Waals surface area (Å²) in [7, 11) is 6.26. The zero-order chi connectivity index (χ0) is 14.3. The summed E-state index contributed by atoms with van der Waals surface area (Å²) in [5.74, 6) is 0.946. The summed E-state index contributed by atoms with van der Waals surface area (Å²) in [5.41, 5.74) is 0.991. The van der Waals surface area contributed by atoms with Crippen molar-refractivity contribution in [1.82, 2.24) is 20.2 Å². The van der Waals surface area contributed by atoms with Gasteiger partial charge in [-0.05, 0) is 27.1 Å². The molecule has 0 aliphatic heterocycles. The number of hydrogen-bond acceptors (Lipinski definition) is 5. The molecule has 0 amide bonds. The second-order valence-corrected chi connectivity index (χ2v) is 5.48. The molecule has 19 heavy (non-hydrogen) atoms. The van der Waals surface area contributed by atoms with Gasteiger partial charge in [0, 0.05) is 32.4 Å². The lowest BCUT2D eigenvalue weighted by Gasteiger charge is -2.19. The van der Waals surface area contributed by atoms with Gasteiger partial charge in [-0.15, -0.1) is 0 Å². The number of nitrogens with one attached hydrogen (secondary N) is 1. The van der Waals surface area contributed by atoms with Crippen LogP contribution in [0.15, 0.2) is 12.4 Å². The molecule has 1 N–H and O–H groups in total. The molecule has 0 aliphatic rings. The van der Waals surface area contributed by atoms with Gasteiger partial charge in [0.25, 0.3) is 0 Å². The molecule has 0 saturated carbocycles. The van der Waals surface area contributed by atoms with Crippen LogP contribution in [0.4, 0.5) is 5.82 Å². The molecular formula is C14H27N5. The van der Waals surface area contributed by atoms with E-state index < -0.39 is 0 Å². The Labute approximate surface area is 117 Å². The second kappa shape index (κ2) is 8.07. The fraction of sp³-hybridized carbons (Fsp3) is 0.714. The third-order valence-corrected chi connectivity index (χ3v) is 2.85. The lowest BCUT2D eigenvalue weighted by atomic mass is 10.3. The molecule has 5 heteroatoms. The zero-order valence-corrected chi connectivity index (χ0v) is 12.8. The quantitative estimate of drug-likeness (QED) is 0.769. The molecule has 0 saturated heterocycles. The van der Waals surface area contributed by atoms with Crippen LogP contribution in [0.25, 0.3) is 0 Å². The summed E-state index contributed by atoms with van der Waals surface area (Å²) in [6.07, 6.45) is 4.78. The van der Waals surface area contributed by atoms with Crippen molar-refractivity contribution < 1.29 is 0 Å². The Kier molecular flexibility index (Phi) is 6.73. The molecule has 1 rings (SSSR count). The van der Waals surface area contributed by atoms with Crippen LogP contribution in [-0.4, -0.2) is 55.1 Å². The van der Waals surface area contributed by atoms with Crippen molar-refractivity contribution in [3.05, 3.63) is 18.1 Å². The average Bonchev–Trinajstić information content (AvgIpc) is 2.36. The molecule has 0 fully saturated rings. The highest BCUT2D eigenvalue weighted by Gasteiger charge is 2.05. The molecule has 0 aliphatic carbocycles. The first-order valence-corrected chi connectivity index (χ1v) is 6.89. The SMILES string of the molecule is CC(C)NCc1cncc(N(C)CCCN(C)C)n1. The Balaban J connectivity index is 2.50. The van der Waals surface area contributed by atoms with E-state index in [1.54, 1.807) is 0 Å². The second-order valence-electron chi connectivity index (χ2n) is 5.48. The number of rotatable bonds is 8.